The molecule has 6 nitrogen and oxygen atoms in total. The number of esters is 2. The molecule has 2 rings (SSSR count). The van der Waals surface area contributed by atoms with E-state index < -0.39 is 23.6 Å². The molecule has 1 aromatic rings. The number of nitrogens with zero attached hydrogens (tertiary/aromatic N) is 2. The van der Waals surface area contributed by atoms with Crippen molar-refractivity contribution in [1.29, 1.82) is 0 Å². The molecule has 1 aromatic heterocycles. The van der Waals surface area contributed by atoms with Gasteiger partial charge in [0.1, 0.15) is 0 Å². The first-order chi connectivity index (χ1) is 9.28. The van der Waals surface area contributed by atoms with Crippen LogP contribution in [-0.4, -0.2) is 28.9 Å². The smallest absolute Gasteiger partial charge is 0.329 e. The number of carbonyl (C=O) groups excluding carboxylic acids is 2. The number of cyclic esters (lactones) is 2. The van der Waals surface area contributed by atoms with E-state index in [1.165, 1.54) is 20.1 Å². The number of ether oxygens (including phenoxy) is 2. The van der Waals surface area contributed by atoms with E-state index in [0.717, 1.165) is 10.0 Å². The minimum Gasteiger partial charge on any atom is -0.422 e. The van der Waals surface area contributed by atoms with Gasteiger partial charge in [-0.1, -0.05) is 0 Å². The van der Waals surface area contributed by atoms with Gasteiger partial charge in [-0.25, -0.2) is 9.98 Å². The molecule has 1 fully saturated rings. The second-order valence-electron chi connectivity index (χ2n) is 4.79. The van der Waals surface area contributed by atoms with Gasteiger partial charge in [-0.3, -0.25) is 9.59 Å². The molecule has 1 saturated heterocycles. The predicted molar refractivity (Wildman–Crippen MR) is 74.6 cm³/mol. The molecule has 0 radical (unpaired) electrons. The van der Waals surface area contributed by atoms with Crippen molar-refractivity contribution in [3.05, 3.63) is 22.3 Å². The normalized spacial score (nSPS) is 19.0. The van der Waals surface area contributed by atoms with Crippen molar-refractivity contribution in [2.45, 2.75) is 26.6 Å². The van der Waals surface area contributed by atoms with Crippen LogP contribution in [0.4, 0.5) is 5.82 Å². The van der Waals surface area contributed by atoms with Crippen molar-refractivity contribution in [3.63, 3.8) is 0 Å². The van der Waals surface area contributed by atoms with Crippen LogP contribution in [0.25, 0.3) is 0 Å². The Morgan fingerprint density at radius 3 is 2.50 bits per heavy atom. The van der Waals surface area contributed by atoms with Crippen molar-refractivity contribution >= 4 is 39.9 Å². The Labute approximate surface area is 124 Å². The lowest BCUT2D eigenvalue weighted by molar-refractivity contribution is -0.235. The van der Waals surface area contributed by atoms with E-state index in [1.807, 2.05) is 6.92 Å². The summed E-state index contributed by atoms with van der Waals surface area (Å²) in [6.07, 6.45) is 2.79. The van der Waals surface area contributed by atoms with Crippen LogP contribution in [0.2, 0.25) is 0 Å². The van der Waals surface area contributed by atoms with Gasteiger partial charge in [0, 0.05) is 30.7 Å². The summed E-state index contributed by atoms with van der Waals surface area (Å²) in [6, 6.07) is 1.73. The molecule has 0 unspecified atom stereocenters. The maximum Gasteiger partial charge on any atom is 0.329 e. The molecular weight excluding hydrogens is 328 g/mol. The lowest BCUT2D eigenvalue weighted by Gasteiger charge is -2.31. The summed E-state index contributed by atoms with van der Waals surface area (Å²) < 4.78 is 10.8. The van der Waals surface area contributed by atoms with Gasteiger partial charge in [0.25, 0.3) is 5.79 Å². The lowest BCUT2D eigenvalue weighted by atomic mass is 10.1. The van der Waals surface area contributed by atoms with Gasteiger partial charge in [-0.2, -0.15) is 0 Å². The fourth-order valence-electron chi connectivity index (χ4n) is 1.60. The Morgan fingerprint density at radius 1 is 1.35 bits per heavy atom. The lowest BCUT2D eigenvalue weighted by Crippen LogP contribution is -2.46. The Morgan fingerprint density at radius 2 is 1.95 bits per heavy atom. The highest BCUT2D eigenvalue weighted by molar-refractivity contribution is 9.10. The number of carbonyl (C=O) groups is 2. The van der Waals surface area contributed by atoms with Crippen molar-refractivity contribution in [2.75, 3.05) is 0 Å². The average molecular weight is 341 g/mol. The molecule has 0 atom stereocenters. The van der Waals surface area contributed by atoms with Crippen LogP contribution in [-0.2, 0) is 19.1 Å². The van der Waals surface area contributed by atoms with Crippen molar-refractivity contribution < 1.29 is 19.1 Å². The molecule has 0 saturated carbocycles. The topological polar surface area (TPSA) is 77.9 Å². The van der Waals surface area contributed by atoms with Crippen LogP contribution in [0.1, 0.15) is 19.4 Å². The van der Waals surface area contributed by atoms with E-state index in [4.69, 9.17) is 9.47 Å². The zero-order valence-electron chi connectivity index (χ0n) is 11.2. The molecule has 2 heterocycles. The van der Waals surface area contributed by atoms with Crippen LogP contribution in [0.5, 0.6) is 0 Å². The number of hydrogen-bond acceptors (Lipinski definition) is 6. The monoisotopic (exact) mass is 340 g/mol. The van der Waals surface area contributed by atoms with Gasteiger partial charge in [0.2, 0.25) is 0 Å². The highest BCUT2D eigenvalue weighted by atomic mass is 79.9. The van der Waals surface area contributed by atoms with Gasteiger partial charge < -0.3 is 9.47 Å². The second kappa shape index (κ2) is 5.32. The molecule has 0 bridgehead atoms. The Hall–Kier alpha value is -1.76. The third kappa shape index (κ3) is 3.22. The van der Waals surface area contributed by atoms with Crippen LogP contribution < -0.4 is 0 Å². The van der Waals surface area contributed by atoms with Gasteiger partial charge in [0.05, 0.1) is 0 Å². The molecule has 0 spiro atoms. The fourth-order valence-corrected chi connectivity index (χ4v) is 1.81. The minimum atomic E-state index is -1.23. The summed E-state index contributed by atoms with van der Waals surface area (Å²) in [5, 5.41) is 0. The number of hydrogen-bond donors (Lipinski definition) is 0. The zero-order chi connectivity index (χ0) is 14.9. The minimum absolute atomic E-state index is 0.399. The van der Waals surface area contributed by atoms with E-state index in [0.29, 0.717) is 5.82 Å². The third-order valence-corrected chi connectivity index (χ3v) is 3.42. The third-order valence-electron chi connectivity index (χ3n) is 2.59. The summed E-state index contributed by atoms with van der Waals surface area (Å²) in [4.78, 5) is 31.5. The number of rotatable bonds is 2. The highest BCUT2D eigenvalue weighted by Crippen LogP contribution is 2.23. The molecular formula is C13H13BrN2O4. The van der Waals surface area contributed by atoms with Crippen molar-refractivity contribution in [1.82, 2.24) is 4.98 Å². The van der Waals surface area contributed by atoms with Gasteiger partial charge in [-0.05, 0) is 34.5 Å². The van der Waals surface area contributed by atoms with Crippen molar-refractivity contribution in [2.24, 2.45) is 10.9 Å². The van der Waals surface area contributed by atoms with E-state index in [2.05, 4.69) is 25.9 Å². The van der Waals surface area contributed by atoms with Crippen LogP contribution in [0, 0.1) is 12.8 Å². The highest BCUT2D eigenvalue weighted by Gasteiger charge is 2.42. The number of aliphatic imine (C=N–C) groups is 1. The summed E-state index contributed by atoms with van der Waals surface area (Å²) in [7, 11) is 0. The van der Waals surface area contributed by atoms with E-state index in [-0.39, 0.29) is 0 Å². The first-order valence-electron chi connectivity index (χ1n) is 5.90. The van der Waals surface area contributed by atoms with E-state index in [9.17, 15) is 9.59 Å². The Balaban J connectivity index is 2.16. The summed E-state index contributed by atoms with van der Waals surface area (Å²) >= 11 is 3.33. The summed E-state index contributed by atoms with van der Waals surface area (Å²) in [6.45, 7) is 4.88. The van der Waals surface area contributed by atoms with Crippen molar-refractivity contribution in [3.8, 4) is 0 Å². The van der Waals surface area contributed by atoms with Crippen LogP contribution >= 0.6 is 15.9 Å². The SMILES string of the molecule is Cc1cc(/N=C/C2C(=O)OC(C)(C)OC2=O)ncc1Br. The number of aromatic nitrogens is 1. The van der Waals surface area contributed by atoms with E-state index in [1.54, 1.807) is 12.3 Å². The van der Waals surface area contributed by atoms with Gasteiger partial charge in [-0.15, -0.1) is 0 Å². The molecule has 0 amide bonds. The maximum absolute atomic E-state index is 11.7. The first-order valence-corrected chi connectivity index (χ1v) is 6.70. The molecule has 0 aliphatic carbocycles. The van der Waals surface area contributed by atoms with Gasteiger partial charge >= 0.3 is 11.9 Å². The molecule has 20 heavy (non-hydrogen) atoms. The molecule has 0 N–H and O–H groups in total. The standard InChI is InChI=1S/C13H13BrN2O4/c1-7-4-10(16-6-9(7)14)15-5-8-11(17)19-13(2,3)20-12(8)18/h4-6,8H,1-3H3/b15-5+. The number of aryl methyl sites for hydroxylation is 1. The number of halogens is 1. The quantitative estimate of drug-likeness (QED) is 0.469. The van der Waals surface area contributed by atoms with Gasteiger partial charge in [0.15, 0.2) is 11.7 Å². The first kappa shape index (κ1) is 14.6. The average Bonchev–Trinajstić information content (AvgIpc) is 2.31. The second-order valence-corrected chi connectivity index (χ2v) is 5.64. The Bertz CT molecular complexity index is 578. The molecule has 7 heteroatoms. The largest absolute Gasteiger partial charge is 0.422 e. The summed E-state index contributed by atoms with van der Waals surface area (Å²) in [5.41, 5.74) is 0.946. The molecule has 106 valence electrons. The fraction of sp³-hybridized carbons (Fsp3) is 0.385. The summed E-state index contributed by atoms with van der Waals surface area (Å²) in [5.74, 6) is -3.34. The molecule has 0 aromatic carbocycles. The Kier molecular flexibility index (Phi) is 3.89. The maximum atomic E-state index is 11.7. The predicted octanol–water partition coefficient (Wildman–Crippen LogP) is 2.31. The number of pyridine rings is 1. The van der Waals surface area contributed by atoms with Crippen LogP contribution in [0.3, 0.4) is 0 Å². The zero-order valence-corrected chi connectivity index (χ0v) is 12.8. The van der Waals surface area contributed by atoms with E-state index >= 15 is 0 Å². The molecule has 1 aliphatic heterocycles. The van der Waals surface area contributed by atoms with Crippen LogP contribution in [0.15, 0.2) is 21.7 Å². The molecule has 1 aliphatic rings.